The number of carbonyl (C=O) groups excluding carboxylic acids is 1. The summed E-state index contributed by atoms with van der Waals surface area (Å²) in [6.07, 6.45) is 5.28. The van der Waals surface area contributed by atoms with E-state index in [1.807, 2.05) is 28.6 Å². The summed E-state index contributed by atoms with van der Waals surface area (Å²) in [6, 6.07) is 4.03. The van der Waals surface area contributed by atoms with E-state index in [9.17, 15) is 9.59 Å². The second kappa shape index (κ2) is 8.09. The molecular weight excluding hydrogens is 396 g/mol. The van der Waals surface area contributed by atoms with Crippen LogP contribution < -0.4 is 5.56 Å². The molecule has 0 bridgehead atoms. The Labute approximate surface area is 180 Å². The summed E-state index contributed by atoms with van der Waals surface area (Å²) in [4.78, 5) is 30.9. The molecule has 2 aliphatic rings. The van der Waals surface area contributed by atoms with Crippen LogP contribution in [0.25, 0.3) is 21.8 Å². The molecular formula is C23H28N4O4. The minimum absolute atomic E-state index is 0.0328. The van der Waals surface area contributed by atoms with Crippen molar-refractivity contribution in [3.8, 4) is 0 Å². The van der Waals surface area contributed by atoms with Crippen molar-refractivity contribution in [3.05, 3.63) is 39.8 Å². The van der Waals surface area contributed by atoms with Crippen molar-refractivity contribution in [3.63, 3.8) is 0 Å². The lowest BCUT2D eigenvalue weighted by Crippen LogP contribution is -2.40. The highest BCUT2D eigenvalue weighted by Gasteiger charge is 2.26. The van der Waals surface area contributed by atoms with Gasteiger partial charge in [0.2, 0.25) is 0 Å². The van der Waals surface area contributed by atoms with Gasteiger partial charge in [0.25, 0.3) is 11.5 Å². The number of pyridine rings is 1. The average Bonchev–Trinajstić information content (AvgIpc) is 3.25. The Hall–Kier alpha value is -2.71. The molecule has 0 spiro atoms. The van der Waals surface area contributed by atoms with Gasteiger partial charge in [-0.1, -0.05) is 0 Å². The summed E-state index contributed by atoms with van der Waals surface area (Å²) in [6.45, 7) is 4.68. The van der Waals surface area contributed by atoms with E-state index >= 15 is 0 Å². The Kier molecular flexibility index (Phi) is 5.27. The number of fused-ring (bicyclic) bond motifs is 3. The molecule has 1 N–H and O–H groups in total. The number of nitrogens with one attached hydrogen (secondary N) is 1. The summed E-state index contributed by atoms with van der Waals surface area (Å²) in [5.41, 5.74) is 2.92. The molecule has 1 aromatic carbocycles. The van der Waals surface area contributed by atoms with Gasteiger partial charge in [0.05, 0.1) is 34.8 Å². The Morgan fingerprint density at radius 1 is 1.16 bits per heavy atom. The van der Waals surface area contributed by atoms with Crippen LogP contribution in [0.3, 0.4) is 0 Å². The van der Waals surface area contributed by atoms with Crippen LogP contribution in [0.5, 0.6) is 0 Å². The van der Waals surface area contributed by atoms with E-state index in [0.29, 0.717) is 37.3 Å². The van der Waals surface area contributed by atoms with Gasteiger partial charge in [-0.25, -0.2) is 0 Å². The first kappa shape index (κ1) is 20.2. The molecule has 8 heteroatoms. The molecule has 31 heavy (non-hydrogen) atoms. The van der Waals surface area contributed by atoms with Crippen LogP contribution in [0.1, 0.15) is 47.6 Å². The maximum absolute atomic E-state index is 13.4. The standard InChI is InChI=1S/C23H28N4O4/c1-14-11-20-18(12-17(14)23(29)26-7-3-16(30-2)4-8-26)21-19(22(28)25-20)13-24-27(21)15-5-9-31-10-6-15/h11-13,15-16H,3-10H2,1-2H3,(H,25,28). The average molecular weight is 425 g/mol. The number of aryl methyl sites for hydroxylation is 1. The second-order valence-electron chi connectivity index (χ2n) is 8.59. The Bertz CT molecular complexity index is 1180. The van der Waals surface area contributed by atoms with E-state index in [4.69, 9.17) is 9.47 Å². The summed E-state index contributed by atoms with van der Waals surface area (Å²) >= 11 is 0. The summed E-state index contributed by atoms with van der Waals surface area (Å²) in [5.74, 6) is 0.0328. The fourth-order valence-electron chi connectivity index (χ4n) is 4.90. The first-order chi connectivity index (χ1) is 15.1. The van der Waals surface area contributed by atoms with E-state index in [-0.39, 0.29) is 23.6 Å². The predicted octanol–water partition coefficient (Wildman–Crippen LogP) is 2.79. The van der Waals surface area contributed by atoms with Gasteiger partial charge in [-0.15, -0.1) is 0 Å². The maximum Gasteiger partial charge on any atom is 0.259 e. The first-order valence-corrected chi connectivity index (χ1v) is 11.0. The fraction of sp³-hybridized carbons (Fsp3) is 0.522. The van der Waals surface area contributed by atoms with Crippen LogP contribution in [0.4, 0.5) is 0 Å². The van der Waals surface area contributed by atoms with Crippen molar-refractivity contribution >= 4 is 27.7 Å². The minimum atomic E-state index is -0.152. The highest BCUT2D eigenvalue weighted by Crippen LogP contribution is 2.30. The van der Waals surface area contributed by atoms with Crippen molar-refractivity contribution in [2.45, 2.75) is 44.8 Å². The molecule has 0 saturated carbocycles. The van der Waals surface area contributed by atoms with Crippen molar-refractivity contribution in [1.29, 1.82) is 0 Å². The molecule has 2 aliphatic heterocycles. The largest absolute Gasteiger partial charge is 0.381 e. The van der Waals surface area contributed by atoms with E-state index < -0.39 is 0 Å². The Morgan fingerprint density at radius 3 is 2.61 bits per heavy atom. The van der Waals surface area contributed by atoms with Crippen LogP contribution in [-0.2, 0) is 9.47 Å². The smallest absolute Gasteiger partial charge is 0.259 e. The molecule has 8 nitrogen and oxygen atoms in total. The quantitative estimate of drug-likeness (QED) is 0.698. The summed E-state index contributed by atoms with van der Waals surface area (Å²) in [5, 5.41) is 5.98. The van der Waals surface area contributed by atoms with Crippen molar-refractivity contribution in [2.75, 3.05) is 33.4 Å². The Morgan fingerprint density at radius 2 is 1.90 bits per heavy atom. The third-order valence-corrected chi connectivity index (χ3v) is 6.74. The maximum atomic E-state index is 13.4. The zero-order valence-corrected chi connectivity index (χ0v) is 18.0. The molecule has 3 aromatic rings. The number of hydrogen-bond acceptors (Lipinski definition) is 5. The van der Waals surface area contributed by atoms with Gasteiger partial charge in [-0.2, -0.15) is 5.10 Å². The highest BCUT2D eigenvalue weighted by atomic mass is 16.5. The molecule has 0 unspecified atom stereocenters. The molecule has 2 fully saturated rings. The van der Waals surface area contributed by atoms with Gasteiger partial charge in [-0.05, 0) is 50.3 Å². The molecule has 5 rings (SSSR count). The molecule has 0 radical (unpaired) electrons. The molecule has 2 aromatic heterocycles. The summed E-state index contributed by atoms with van der Waals surface area (Å²) in [7, 11) is 1.73. The van der Waals surface area contributed by atoms with Crippen LogP contribution >= 0.6 is 0 Å². The molecule has 4 heterocycles. The number of aromatic amines is 1. The monoisotopic (exact) mass is 424 g/mol. The minimum Gasteiger partial charge on any atom is -0.381 e. The SMILES string of the molecule is COC1CCN(C(=O)c2cc3c(cc2C)[nH]c(=O)c2cnn(C4CCOCC4)c23)CC1. The number of H-pyrrole nitrogens is 1. The third kappa shape index (κ3) is 3.53. The van der Waals surface area contributed by atoms with Crippen LogP contribution in [0.15, 0.2) is 23.1 Å². The van der Waals surface area contributed by atoms with Gasteiger partial charge in [0.15, 0.2) is 0 Å². The highest BCUT2D eigenvalue weighted by molar-refractivity contribution is 6.07. The van der Waals surface area contributed by atoms with E-state index in [1.165, 1.54) is 0 Å². The number of amides is 1. The van der Waals surface area contributed by atoms with E-state index in [0.717, 1.165) is 47.7 Å². The van der Waals surface area contributed by atoms with Gasteiger partial charge in [0, 0.05) is 44.4 Å². The van der Waals surface area contributed by atoms with Crippen LogP contribution in [0.2, 0.25) is 0 Å². The van der Waals surface area contributed by atoms with Crippen molar-refractivity contribution < 1.29 is 14.3 Å². The fourth-order valence-corrected chi connectivity index (χ4v) is 4.90. The zero-order chi connectivity index (χ0) is 21.5. The number of carbonyl (C=O) groups is 1. The van der Waals surface area contributed by atoms with Crippen LogP contribution in [-0.4, -0.2) is 65.1 Å². The Balaban J connectivity index is 1.61. The van der Waals surface area contributed by atoms with Crippen LogP contribution in [0, 0.1) is 6.92 Å². The number of benzene rings is 1. The van der Waals surface area contributed by atoms with Crippen molar-refractivity contribution in [1.82, 2.24) is 19.7 Å². The number of likely N-dealkylation sites (tertiary alicyclic amines) is 1. The molecule has 1 amide bonds. The van der Waals surface area contributed by atoms with Gasteiger partial charge in [0.1, 0.15) is 0 Å². The van der Waals surface area contributed by atoms with Crippen molar-refractivity contribution in [2.24, 2.45) is 0 Å². The number of piperidine rings is 1. The number of aromatic nitrogens is 3. The lowest BCUT2D eigenvalue weighted by molar-refractivity contribution is 0.0350. The van der Waals surface area contributed by atoms with E-state index in [1.54, 1.807) is 13.3 Å². The van der Waals surface area contributed by atoms with E-state index in [2.05, 4.69) is 10.1 Å². The number of hydrogen-bond donors (Lipinski definition) is 1. The summed E-state index contributed by atoms with van der Waals surface area (Å²) < 4.78 is 12.9. The topological polar surface area (TPSA) is 89.5 Å². The normalized spacial score (nSPS) is 18.8. The predicted molar refractivity (Wildman–Crippen MR) is 118 cm³/mol. The number of ether oxygens (including phenoxy) is 2. The number of methoxy groups -OCH3 is 1. The first-order valence-electron chi connectivity index (χ1n) is 11.0. The lowest BCUT2D eigenvalue weighted by atomic mass is 10.0. The molecule has 0 atom stereocenters. The number of rotatable bonds is 3. The molecule has 164 valence electrons. The molecule has 0 aliphatic carbocycles. The van der Waals surface area contributed by atoms with Gasteiger partial charge >= 0.3 is 0 Å². The number of nitrogens with zero attached hydrogens (tertiary/aromatic N) is 3. The second-order valence-corrected chi connectivity index (χ2v) is 8.59. The molecule has 2 saturated heterocycles. The third-order valence-electron chi connectivity index (χ3n) is 6.74. The zero-order valence-electron chi connectivity index (χ0n) is 18.0. The van der Waals surface area contributed by atoms with Gasteiger partial charge < -0.3 is 19.4 Å². The van der Waals surface area contributed by atoms with Gasteiger partial charge in [-0.3, -0.25) is 14.3 Å². The lowest BCUT2D eigenvalue weighted by Gasteiger charge is -2.31.